The van der Waals surface area contributed by atoms with Crippen LogP contribution in [-0.2, 0) is 15.0 Å². The van der Waals surface area contributed by atoms with E-state index >= 15 is 0 Å². The fourth-order valence-electron chi connectivity index (χ4n) is 6.73. The predicted octanol–water partition coefficient (Wildman–Crippen LogP) is 5.87. The third-order valence-electron chi connectivity index (χ3n) is 8.79. The molecular formula is C31H38F2N2O3. The third-order valence-corrected chi connectivity index (χ3v) is 8.79. The molecule has 0 spiro atoms. The summed E-state index contributed by atoms with van der Waals surface area (Å²) < 4.78 is 33.8. The number of halogens is 2. The van der Waals surface area contributed by atoms with Crippen molar-refractivity contribution in [2.24, 2.45) is 5.41 Å². The van der Waals surface area contributed by atoms with Crippen molar-refractivity contribution in [3.05, 3.63) is 65.7 Å². The third kappa shape index (κ3) is 5.71. The molecule has 0 unspecified atom stereocenters. The van der Waals surface area contributed by atoms with E-state index in [0.29, 0.717) is 38.1 Å². The molecule has 2 aromatic carbocycles. The molecule has 1 atom stereocenters. The Bertz CT molecular complexity index is 1130. The van der Waals surface area contributed by atoms with Gasteiger partial charge in [-0.3, -0.25) is 9.59 Å². The predicted molar refractivity (Wildman–Crippen MR) is 142 cm³/mol. The highest BCUT2D eigenvalue weighted by atomic mass is 19.1. The summed E-state index contributed by atoms with van der Waals surface area (Å²) in [5.41, 5.74) is -0.513. The van der Waals surface area contributed by atoms with Crippen LogP contribution in [0.5, 0.6) is 5.75 Å². The molecule has 1 aliphatic carbocycles. The van der Waals surface area contributed by atoms with E-state index in [1.807, 2.05) is 15.9 Å². The summed E-state index contributed by atoms with van der Waals surface area (Å²) in [5, 5.41) is 0. The van der Waals surface area contributed by atoms with Crippen molar-refractivity contribution in [1.82, 2.24) is 9.80 Å². The Morgan fingerprint density at radius 3 is 2.21 bits per heavy atom. The van der Waals surface area contributed by atoms with E-state index in [1.165, 1.54) is 24.3 Å². The molecule has 2 heterocycles. The van der Waals surface area contributed by atoms with Gasteiger partial charge in [-0.15, -0.1) is 0 Å². The zero-order chi connectivity index (χ0) is 26.6. The second-order valence-electron chi connectivity index (χ2n) is 11.5. The standard InChI is InChI=1S/C31H38F2N2O3/c32-25-10-12-27(13-11-25)38-23-30(21-28(36)34-17-4-1-5-18-34)14-7-19-35(22-30)29(37)31(15-2-3-16-31)24-8-6-9-26(33)20-24/h6,8-13,20H,1-5,7,14-19,21-23H2/t30-/m0/s1. The van der Waals surface area contributed by atoms with Gasteiger partial charge in [0.1, 0.15) is 17.4 Å². The molecule has 1 saturated carbocycles. The van der Waals surface area contributed by atoms with Crippen LogP contribution in [0, 0.1) is 17.0 Å². The molecule has 38 heavy (non-hydrogen) atoms. The van der Waals surface area contributed by atoms with Gasteiger partial charge >= 0.3 is 0 Å². The zero-order valence-corrected chi connectivity index (χ0v) is 22.1. The quantitative estimate of drug-likeness (QED) is 0.455. The highest BCUT2D eigenvalue weighted by Crippen LogP contribution is 2.45. The van der Waals surface area contributed by atoms with E-state index in [9.17, 15) is 18.4 Å². The Morgan fingerprint density at radius 2 is 1.50 bits per heavy atom. The Hall–Kier alpha value is -2.96. The number of piperidine rings is 2. The van der Waals surface area contributed by atoms with Crippen molar-refractivity contribution in [1.29, 1.82) is 0 Å². The van der Waals surface area contributed by atoms with Gasteiger partial charge in [0.25, 0.3) is 0 Å². The molecule has 5 rings (SSSR count). The smallest absolute Gasteiger partial charge is 0.233 e. The van der Waals surface area contributed by atoms with E-state index in [-0.39, 0.29) is 30.1 Å². The molecule has 2 amide bonds. The lowest BCUT2D eigenvalue weighted by atomic mass is 9.74. The number of carbonyl (C=O) groups is 2. The number of nitrogens with zero attached hydrogens (tertiary/aromatic N) is 2. The van der Waals surface area contributed by atoms with Gasteiger partial charge in [0.05, 0.1) is 12.0 Å². The van der Waals surface area contributed by atoms with Crippen LogP contribution in [0.3, 0.4) is 0 Å². The summed E-state index contributed by atoms with van der Waals surface area (Å²) in [4.78, 5) is 31.6. The van der Waals surface area contributed by atoms with Crippen molar-refractivity contribution in [2.45, 2.75) is 69.6 Å². The molecule has 2 aliphatic heterocycles. The van der Waals surface area contributed by atoms with Gasteiger partial charge < -0.3 is 14.5 Å². The van der Waals surface area contributed by atoms with Gasteiger partial charge in [-0.1, -0.05) is 25.0 Å². The van der Waals surface area contributed by atoms with Gasteiger partial charge in [-0.2, -0.15) is 0 Å². The van der Waals surface area contributed by atoms with Gasteiger partial charge in [0.2, 0.25) is 11.8 Å². The lowest BCUT2D eigenvalue weighted by Crippen LogP contribution is -2.55. The summed E-state index contributed by atoms with van der Waals surface area (Å²) in [6.45, 7) is 2.86. The fraction of sp³-hybridized carbons (Fsp3) is 0.548. The normalized spacial score (nSPS) is 23.3. The van der Waals surface area contributed by atoms with E-state index < -0.39 is 10.8 Å². The largest absolute Gasteiger partial charge is 0.493 e. The van der Waals surface area contributed by atoms with Crippen molar-refractivity contribution >= 4 is 11.8 Å². The lowest BCUT2D eigenvalue weighted by Gasteiger charge is -2.46. The molecule has 7 heteroatoms. The molecule has 3 fully saturated rings. The van der Waals surface area contributed by atoms with Crippen LogP contribution >= 0.6 is 0 Å². The number of amides is 2. The highest BCUT2D eigenvalue weighted by Gasteiger charge is 2.48. The molecule has 0 bridgehead atoms. The minimum atomic E-state index is -0.722. The number of carbonyl (C=O) groups excluding carboxylic acids is 2. The number of benzene rings is 2. The summed E-state index contributed by atoms with van der Waals surface area (Å²) in [6.07, 6.45) is 8.31. The lowest BCUT2D eigenvalue weighted by molar-refractivity contribution is -0.145. The molecule has 2 saturated heterocycles. The first-order valence-corrected chi connectivity index (χ1v) is 14.1. The number of hydrogen-bond donors (Lipinski definition) is 0. The van der Waals surface area contributed by atoms with Gasteiger partial charge in [0, 0.05) is 38.0 Å². The molecule has 0 radical (unpaired) electrons. The Kier molecular flexibility index (Phi) is 8.01. The zero-order valence-electron chi connectivity index (χ0n) is 22.1. The Balaban J connectivity index is 1.39. The van der Waals surface area contributed by atoms with Crippen LogP contribution in [0.15, 0.2) is 48.5 Å². The average molecular weight is 525 g/mol. The highest BCUT2D eigenvalue weighted by molar-refractivity contribution is 5.89. The second kappa shape index (κ2) is 11.4. The molecule has 204 valence electrons. The molecule has 5 nitrogen and oxygen atoms in total. The maximum absolute atomic E-state index is 14.2. The first-order valence-electron chi connectivity index (χ1n) is 14.1. The first-order chi connectivity index (χ1) is 18.4. The SMILES string of the molecule is O=C(C[C@@]1(COc2ccc(F)cc2)CCCN(C(=O)C2(c3cccc(F)c3)CCCC2)C1)N1CCCCC1. The number of rotatable bonds is 7. The molecule has 0 N–H and O–H groups in total. The van der Waals surface area contributed by atoms with Crippen LogP contribution in [0.4, 0.5) is 8.78 Å². The van der Waals surface area contributed by atoms with Gasteiger partial charge in [-0.05, 0) is 86.9 Å². The first kappa shape index (κ1) is 26.6. The second-order valence-corrected chi connectivity index (χ2v) is 11.5. The van der Waals surface area contributed by atoms with E-state index in [2.05, 4.69) is 0 Å². The van der Waals surface area contributed by atoms with E-state index in [1.54, 1.807) is 18.2 Å². The molecule has 3 aliphatic rings. The van der Waals surface area contributed by atoms with E-state index in [0.717, 1.165) is 63.6 Å². The minimum Gasteiger partial charge on any atom is -0.493 e. The summed E-state index contributed by atoms with van der Waals surface area (Å²) in [5.74, 6) is 0.0429. The number of ether oxygens (including phenoxy) is 1. The maximum atomic E-state index is 14.2. The monoisotopic (exact) mass is 524 g/mol. The summed E-state index contributed by atoms with van der Waals surface area (Å²) in [6, 6.07) is 12.4. The van der Waals surface area contributed by atoms with Crippen molar-refractivity contribution < 1.29 is 23.1 Å². The topological polar surface area (TPSA) is 49.9 Å². The Labute approximate surface area is 224 Å². The average Bonchev–Trinajstić information content (AvgIpc) is 3.44. The van der Waals surface area contributed by atoms with Crippen LogP contribution in [0.2, 0.25) is 0 Å². The van der Waals surface area contributed by atoms with Crippen LogP contribution in [0.25, 0.3) is 0 Å². The van der Waals surface area contributed by atoms with Crippen LogP contribution < -0.4 is 4.74 Å². The van der Waals surface area contributed by atoms with Crippen LogP contribution in [0.1, 0.15) is 69.8 Å². The molecule has 2 aromatic rings. The summed E-state index contributed by atoms with van der Waals surface area (Å²) >= 11 is 0. The fourth-order valence-corrected chi connectivity index (χ4v) is 6.73. The van der Waals surface area contributed by atoms with Crippen molar-refractivity contribution in [3.63, 3.8) is 0 Å². The number of likely N-dealkylation sites (tertiary alicyclic amines) is 2. The van der Waals surface area contributed by atoms with Crippen LogP contribution in [-0.4, -0.2) is 54.4 Å². The molecular weight excluding hydrogens is 486 g/mol. The number of hydrogen-bond acceptors (Lipinski definition) is 3. The van der Waals surface area contributed by atoms with Crippen molar-refractivity contribution in [2.75, 3.05) is 32.8 Å². The summed E-state index contributed by atoms with van der Waals surface area (Å²) in [7, 11) is 0. The Morgan fingerprint density at radius 1 is 0.789 bits per heavy atom. The van der Waals surface area contributed by atoms with E-state index in [4.69, 9.17) is 4.74 Å². The van der Waals surface area contributed by atoms with Gasteiger partial charge in [-0.25, -0.2) is 8.78 Å². The van der Waals surface area contributed by atoms with Gasteiger partial charge in [0.15, 0.2) is 0 Å². The minimum absolute atomic E-state index is 0.0388. The molecule has 0 aromatic heterocycles. The van der Waals surface area contributed by atoms with Crippen molar-refractivity contribution in [3.8, 4) is 5.75 Å². The maximum Gasteiger partial charge on any atom is 0.233 e.